The van der Waals surface area contributed by atoms with Crippen LogP contribution in [0.15, 0.2) is 0 Å². The molecule has 0 aromatic heterocycles. The molecule has 0 aromatic carbocycles. The summed E-state index contributed by atoms with van der Waals surface area (Å²) >= 11 is 0. The van der Waals surface area contributed by atoms with Gasteiger partial charge in [0.1, 0.15) is 6.61 Å². The standard InChI is InChI=1S/C22H44O3/c1-9-11-20(10-2)16-18(5)12-13-19(6)22(7,8)21(23)25-15-14-24-17(3)4/h17-20H,9-16H2,1-8H3. The van der Waals surface area contributed by atoms with E-state index in [1.165, 1.54) is 32.1 Å². The molecule has 0 radical (unpaired) electrons. The summed E-state index contributed by atoms with van der Waals surface area (Å²) < 4.78 is 10.9. The lowest BCUT2D eigenvalue weighted by atomic mass is 9.76. The van der Waals surface area contributed by atoms with E-state index in [2.05, 4.69) is 27.7 Å². The maximum absolute atomic E-state index is 12.4. The van der Waals surface area contributed by atoms with Gasteiger partial charge in [-0.25, -0.2) is 0 Å². The van der Waals surface area contributed by atoms with Gasteiger partial charge in [0.05, 0.1) is 18.1 Å². The quantitative estimate of drug-likeness (QED) is 0.272. The Balaban J connectivity index is 4.27. The van der Waals surface area contributed by atoms with Crippen molar-refractivity contribution >= 4 is 5.97 Å². The van der Waals surface area contributed by atoms with E-state index >= 15 is 0 Å². The minimum absolute atomic E-state index is 0.0996. The Kier molecular flexibility index (Phi) is 12.4. The second kappa shape index (κ2) is 12.7. The highest BCUT2D eigenvalue weighted by atomic mass is 16.6. The molecular formula is C22H44O3. The van der Waals surface area contributed by atoms with Crippen molar-refractivity contribution in [3.05, 3.63) is 0 Å². The Morgan fingerprint density at radius 1 is 0.960 bits per heavy atom. The average molecular weight is 357 g/mol. The van der Waals surface area contributed by atoms with Gasteiger partial charge in [-0.15, -0.1) is 0 Å². The average Bonchev–Trinajstić information content (AvgIpc) is 2.55. The molecule has 0 aliphatic rings. The predicted molar refractivity (Wildman–Crippen MR) is 107 cm³/mol. The molecule has 0 fully saturated rings. The molecule has 3 atom stereocenters. The molecule has 0 aliphatic carbocycles. The Hall–Kier alpha value is -0.570. The highest BCUT2D eigenvalue weighted by Crippen LogP contribution is 2.34. The second-order valence-corrected chi connectivity index (χ2v) is 8.66. The summed E-state index contributed by atoms with van der Waals surface area (Å²) in [6.07, 6.45) is 7.65. The fourth-order valence-corrected chi connectivity index (χ4v) is 3.28. The van der Waals surface area contributed by atoms with Gasteiger partial charge in [0.15, 0.2) is 0 Å². The fourth-order valence-electron chi connectivity index (χ4n) is 3.28. The molecule has 3 unspecified atom stereocenters. The van der Waals surface area contributed by atoms with Crippen molar-refractivity contribution in [1.82, 2.24) is 0 Å². The molecule has 0 amide bonds. The second-order valence-electron chi connectivity index (χ2n) is 8.66. The normalized spacial score (nSPS) is 15.9. The summed E-state index contributed by atoms with van der Waals surface area (Å²) in [7, 11) is 0. The van der Waals surface area contributed by atoms with Crippen molar-refractivity contribution in [2.24, 2.45) is 23.2 Å². The number of carbonyl (C=O) groups is 1. The number of rotatable bonds is 14. The molecule has 0 N–H and O–H groups in total. The first-order chi connectivity index (χ1) is 11.6. The molecule has 0 spiro atoms. The van der Waals surface area contributed by atoms with Crippen LogP contribution in [0, 0.1) is 23.2 Å². The van der Waals surface area contributed by atoms with E-state index in [4.69, 9.17) is 9.47 Å². The van der Waals surface area contributed by atoms with E-state index in [1.807, 2.05) is 27.7 Å². The first-order valence-electron chi connectivity index (χ1n) is 10.4. The van der Waals surface area contributed by atoms with E-state index in [0.29, 0.717) is 19.1 Å². The van der Waals surface area contributed by atoms with Crippen LogP contribution in [0.1, 0.15) is 93.9 Å². The van der Waals surface area contributed by atoms with Crippen molar-refractivity contribution in [2.45, 2.75) is 100 Å². The molecule has 0 saturated carbocycles. The third-order valence-corrected chi connectivity index (χ3v) is 5.63. The van der Waals surface area contributed by atoms with Gasteiger partial charge >= 0.3 is 5.97 Å². The fraction of sp³-hybridized carbons (Fsp3) is 0.955. The van der Waals surface area contributed by atoms with E-state index in [9.17, 15) is 4.79 Å². The van der Waals surface area contributed by atoms with Crippen LogP contribution in [-0.4, -0.2) is 25.3 Å². The molecule has 0 aliphatic heterocycles. The van der Waals surface area contributed by atoms with Crippen molar-refractivity contribution < 1.29 is 14.3 Å². The van der Waals surface area contributed by atoms with Gasteiger partial charge in [-0.3, -0.25) is 4.79 Å². The zero-order valence-electron chi connectivity index (χ0n) is 18.2. The summed E-state index contributed by atoms with van der Waals surface area (Å²) in [6, 6.07) is 0. The summed E-state index contributed by atoms with van der Waals surface area (Å²) in [5, 5.41) is 0. The van der Waals surface area contributed by atoms with E-state index in [1.54, 1.807) is 0 Å². The van der Waals surface area contributed by atoms with Crippen LogP contribution in [-0.2, 0) is 14.3 Å². The van der Waals surface area contributed by atoms with Gasteiger partial charge in [-0.2, -0.15) is 0 Å². The number of hydrogen-bond donors (Lipinski definition) is 0. The Bertz CT molecular complexity index is 349. The number of carbonyl (C=O) groups excluding carboxylic acids is 1. The van der Waals surface area contributed by atoms with Crippen LogP contribution >= 0.6 is 0 Å². The number of hydrogen-bond acceptors (Lipinski definition) is 3. The lowest BCUT2D eigenvalue weighted by Gasteiger charge is -2.30. The third kappa shape index (κ3) is 10.2. The van der Waals surface area contributed by atoms with E-state index in [0.717, 1.165) is 18.3 Å². The zero-order chi connectivity index (χ0) is 19.5. The lowest BCUT2D eigenvalue weighted by Crippen LogP contribution is -2.34. The van der Waals surface area contributed by atoms with Gasteiger partial charge < -0.3 is 9.47 Å². The minimum Gasteiger partial charge on any atom is -0.463 e. The Morgan fingerprint density at radius 3 is 2.12 bits per heavy atom. The zero-order valence-corrected chi connectivity index (χ0v) is 18.2. The van der Waals surface area contributed by atoms with Crippen LogP contribution in [0.2, 0.25) is 0 Å². The van der Waals surface area contributed by atoms with E-state index in [-0.39, 0.29) is 12.1 Å². The molecule has 0 rings (SSSR count). The minimum atomic E-state index is -0.439. The Labute approximate surface area is 157 Å². The molecule has 3 heteroatoms. The van der Waals surface area contributed by atoms with Gasteiger partial charge in [0.25, 0.3) is 0 Å². The van der Waals surface area contributed by atoms with Crippen molar-refractivity contribution in [3.8, 4) is 0 Å². The largest absolute Gasteiger partial charge is 0.463 e. The molecule has 150 valence electrons. The Morgan fingerprint density at radius 2 is 1.60 bits per heavy atom. The molecular weight excluding hydrogens is 312 g/mol. The lowest BCUT2D eigenvalue weighted by molar-refractivity contribution is -0.159. The molecule has 0 heterocycles. The van der Waals surface area contributed by atoms with Gasteiger partial charge in [-0.05, 0) is 58.3 Å². The van der Waals surface area contributed by atoms with Crippen molar-refractivity contribution in [1.29, 1.82) is 0 Å². The number of ether oxygens (including phenoxy) is 2. The molecule has 0 saturated heterocycles. The number of esters is 1. The predicted octanol–water partition coefficient (Wildman–Crippen LogP) is 6.25. The molecule has 25 heavy (non-hydrogen) atoms. The molecule has 0 aromatic rings. The van der Waals surface area contributed by atoms with Crippen LogP contribution in [0.3, 0.4) is 0 Å². The summed E-state index contributed by atoms with van der Waals surface area (Å²) in [5.74, 6) is 1.80. The highest BCUT2D eigenvalue weighted by Gasteiger charge is 2.35. The van der Waals surface area contributed by atoms with E-state index < -0.39 is 5.41 Å². The SMILES string of the molecule is CCCC(CC)CC(C)CCC(C)C(C)(C)C(=O)OCCOC(C)C. The highest BCUT2D eigenvalue weighted by molar-refractivity contribution is 5.76. The third-order valence-electron chi connectivity index (χ3n) is 5.63. The van der Waals surface area contributed by atoms with Crippen LogP contribution in [0.5, 0.6) is 0 Å². The van der Waals surface area contributed by atoms with Gasteiger partial charge in [0, 0.05) is 0 Å². The maximum Gasteiger partial charge on any atom is 0.311 e. The van der Waals surface area contributed by atoms with Gasteiger partial charge in [0.2, 0.25) is 0 Å². The first kappa shape index (κ1) is 24.4. The smallest absolute Gasteiger partial charge is 0.311 e. The van der Waals surface area contributed by atoms with Crippen LogP contribution < -0.4 is 0 Å². The molecule has 3 nitrogen and oxygen atoms in total. The van der Waals surface area contributed by atoms with Gasteiger partial charge in [-0.1, -0.05) is 53.4 Å². The topological polar surface area (TPSA) is 35.5 Å². The van der Waals surface area contributed by atoms with Crippen molar-refractivity contribution in [2.75, 3.05) is 13.2 Å². The maximum atomic E-state index is 12.4. The molecule has 0 bridgehead atoms. The first-order valence-corrected chi connectivity index (χ1v) is 10.4. The summed E-state index contributed by atoms with van der Waals surface area (Å²) in [5.41, 5.74) is -0.439. The van der Waals surface area contributed by atoms with Crippen LogP contribution in [0.25, 0.3) is 0 Å². The monoisotopic (exact) mass is 356 g/mol. The summed E-state index contributed by atoms with van der Waals surface area (Å²) in [6.45, 7) is 17.9. The summed E-state index contributed by atoms with van der Waals surface area (Å²) in [4.78, 5) is 12.4. The van der Waals surface area contributed by atoms with Crippen molar-refractivity contribution in [3.63, 3.8) is 0 Å². The van der Waals surface area contributed by atoms with Crippen LogP contribution in [0.4, 0.5) is 0 Å².